The van der Waals surface area contributed by atoms with Gasteiger partial charge in [0.05, 0.1) is 26.4 Å². The van der Waals surface area contributed by atoms with Gasteiger partial charge in [-0.25, -0.2) is 0 Å². The van der Waals surface area contributed by atoms with Crippen molar-refractivity contribution in [3.63, 3.8) is 0 Å². The van der Waals surface area contributed by atoms with Gasteiger partial charge in [0.1, 0.15) is 67.6 Å². The van der Waals surface area contributed by atoms with Crippen molar-refractivity contribution in [3.05, 3.63) is 6.10 Å². The third kappa shape index (κ3) is 5.84. The lowest BCUT2D eigenvalue weighted by atomic mass is 9.99. The summed E-state index contributed by atoms with van der Waals surface area (Å²) in [6.07, 6.45) is -15.8. The quantitative estimate of drug-likeness (QED) is 0.153. The minimum absolute atomic E-state index is 0.0107. The minimum Gasteiger partial charge on any atom is -0.394 e. The van der Waals surface area contributed by atoms with E-state index in [0.29, 0.717) is 0 Å². The SMILES string of the molecule is OC[C@H]1O[C@@](CO)(O[C@H]2O[C@H](CO)[C@@H](O)[C@H](O)[C@H]2O)[C@@H](O)[C@@H]1O.OC[C]1O[C@H](CO)[C@@H](O)[C@@H]1O. The Kier molecular flexibility index (Phi) is 10.9. The second-order valence-electron chi connectivity index (χ2n) is 7.96. The highest BCUT2D eigenvalue weighted by Gasteiger charge is 2.58. The fourth-order valence-corrected chi connectivity index (χ4v) is 3.64. The first kappa shape index (κ1) is 29.6. The minimum atomic E-state index is -2.22. The van der Waals surface area contributed by atoms with E-state index in [9.17, 15) is 30.6 Å². The van der Waals surface area contributed by atoms with E-state index in [1.807, 2.05) is 0 Å². The van der Waals surface area contributed by atoms with Crippen LogP contribution >= 0.6 is 0 Å². The summed E-state index contributed by atoms with van der Waals surface area (Å²) in [6.45, 7) is -3.13. The van der Waals surface area contributed by atoms with Crippen molar-refractivity contribution in [1.29, 1.82) is 0 Å². The fourth-order valence-electron chi connectivity index (χ4n) is 3.64. The lowest BCUT2D eigenvalue weighted by Crippen LogP contribution is -2.62. The molecule has 16 heteroatoms. The van der Waals surface area contributed by atoms with Crippen molar-refractivity contribution in [1.82, 2.24) is 0 Å². The zero-order valence-corrected chi connectivity index (χ0v) is 17.9. The molecule has 34 heavy (non-hydrogen) atoms. The molecule has 3 aliphatic rings. The van der Waals surface area contributed by atoms with Crippen LogP contribution in [0.2, 0.25) is 0 Å². The molecule has 3 rings (SSSR count). The Hall–Kier alpha value is -0.640. The zero-order valence-electron chi connectivity index (χ0n) is 17.9. The zero-order chi connectivity index (χ0) is 25.8. The molecule has 0 spiro atoms. The summed E-state index contributed by atoms with van der Waals surface area (Å²) < 4.78 is 20.2. The standard InChI is InChI=1S/C12H22O11.C6H11O5/c13-1-4-6(16)8(18)9(19)11(21-4)23-12(3-15)10(20)7(17)5(2-14)22-12;7-1-3-5(9)6(10)4(2-8)11-3/h4-11,13-20H,1-3H2;3,5-10H,1-2H2/t4-,5-,6-,7-,8+,9-,10+,11-,12+;3-,5-,6-/m11/s1. The van der Waals surface area contributed by atoms with Gasteiger partial charge in [-0.1, -0.05) is 0 Å². The number of aliphatic hydroxyl groups excluding tert-OH is 12. The van der Waals surface area contributed by atoms with Crippen LogP contribution in [0.15, 0.2) is 0 Å². The summed E-state index contributed by atoms with van der Waals surface area (Å²) in [5.74, 6) is -2.22. The van der Waals surface area contributed by atoms with Gasteiger partial charge in [-0.15, -0.1) is 0 Å². The van der Waals surface area contributed by atoms with Crippen molar-refractivity contribution >= 4 is 0 Å². The van der Waals surface area contributed by atoms with E-state index in [1.165, 1.54) is 0 Å². The maximum absolute atomic E-state index is 10.00. The third-order valence-corrected chi connectivity index (χ3v) is 5.74. The maximum atomic E-state index is 10.00. The number of aliphatic hydroxyl groups is 12. The van der Waals surface area contributed by atoms with Crippen molar-refractivity contribution in [2.24, 2.45) is 0 Å². The molecule has 3 saturated heterocycles. The topological polar surface area (TPSA) is 280 Å². The van der Waals surface area contributed by atoms with Crippen molar-refractivity contribution < 1.29 is 80.2 Å². The van der Waals surface area contributed by atoms with Crippen LogP contribution in [0.25, 0.3) is 0 Å². The van der Waals surface area contributed by atoms with Crippen LogP contribution in [0.4, 0.5) is 0 Å². The third-order valence-electron chi connectivity index (χ3n) is 5.74. The summed E-state index contributed by atoms with van der Waals surface area (Å²) in [6, 6.07) is 0. The molecule has 3 fully saturated rings. The molecular weight excluding hydrogens is 472 g/mol. The Morgan fingerprint density at radius 2 is 1.26 bits per heavy atom. The number of ether oxygens (including phenoxy) is 4. The number of hydrogen-bond acceptors (Lipinski definition) is 16. The van der Waals surface area contributed by atoms with E-state index >= 15 is 0 Å². The van der Waals surface area contributed by atoms with Crippen molar-refractivity contribution in [3.8, 4) is 0 Å². The smallest absolute Gasteiger partial charge is 0.224 e. The summed E-state index contributed by atoms with van der Waals surface area (Å²) in [4.78, 5) is 0. The average molecular weight is 505 g/mol. The molecular formula is C18H33O16. The molecule has 12 N–H and O–H groups in total. The summed E-state index contributed by atoms with van der Waals surface area (Å²) >= 11 is 0. The Balaban J connectivity index is 0.000000310. The molecule has 0 aromatic rings. The molecule has 0 aromatic heterocycles. The number of rotatable bonds is 7. The number of hydrogen-bond donors (Lipinski definition) is 12. The predicted molar refractivity (Wildman–Crippen MR) is 103 cm³/mol. The average Bonchev–Trinajstić information content (AvgIpc) is 3.27. The van der Waals surface area contributed by atoms with Crippen LogP contribution in [0.5, 0.6) is 0 Å². The normalized spacial score (nSPS) is 47.5. The maximum Gasteiger partial charge on any atom is 0.224 e. The van der Waals surface area contributed by atoms with Gasteiger partial charge in [-0.05, 0) is 0 Å². The Morgan fingerprint density at radius 1 is 0.676 bits per heavy atom. The van der Waals surface area contributed by atoms with Crippen molar-refractivity contribution in [2.45, 2.75) is 73.1 Å². The monoisotopic (exact) mass is 505 g/mol. The van der Waals surface area contributed by atoms with Crippen LogP contribution in [0, 0.1) is 6.10 Å². The van der Waals surface area contributed by atoms with Crippen molar-refractivity contribution in [2.75, 3.05) is 33.0 Å². The molecule has 0 aliphatic carbocycles. The molecule has 201 valence electrons. The van der Waals surface area contributed by atoms with Gasteiger partial charge < -0.3 is 80.2 Å². The molecule has 12 atom stereocenters. The molecule has 3 aliphatic heterocycles. The van der Waals surface area contributed by atoms with E-state index in [0.717, 1.165) is 0 Å². The van der Waals surface area contributed by atoms with Crippen LogP contribution in [-0.2, 0) is 18.9 Å². The fraction of sp³-hybridized carbons (Fsp3) is 0.944. The largest absolute Gasteiger partial charge is 0.394 e. The van der Waals surface area contributed by atoms with Crippen LogP contribution < -0.4 is 0 Å². The van der Waals surface area contributed by atoms with Gasteiger partial charge >= 0.3 is 0 Å². The van der Waals surface area contributed by atoms with Gasteiger partial charge in [0.25, 0.3) is 0 Å². The van der Waals surface area contributed by atoms with E-state index in [2.05, 4.69) is 0 Å². The predicted octanol–water partition coefficient (Wildman–Crippen LogP) is -7.77. The first-order valence-corrected chi connectivity index (χ1v) is 10.4. The highest BCUT2D eigenvalue weighted by Crippen LogP contribution is 2.35. The molecule has 0 unspecified atom stereocenters. The van der Waals surface area contributed by atoms with Crippen LogP contribution in [-0.4, -0.2) is 167 Å². The second-order valence-corrected chi connectivity index (χ2v) is 7.96. The molecule has 3 heterocycles. The molecule has 1 radical (unpaired) electrons. The van der Waals surface area contributed by atoms with Crippen LogP contribution in [0.1, 0.15) is 0 Å². The Bertz CT molecular complexity index is 593. The van der Waals surface area contributed by atoms with Gasteiger partial charge in [0.15, 0.2) is 12.4 Å². The second kappa shape index (κ2) is 12.5. The van der Waals surface area contributed by atoms with E-state index in [1.54, 1.807) is 0 Å². The van der Waals surface area contributed by atoms with Gasteiger partial charge in [-0.2, -0.15) is 0 Å². The van der Waals surface area contributed by atoms with Gasteiger partial charge in [0.2, 0.25) is 5.79 Å². The molecule has 16 nitrogen and oxygen atoms in total. The summed E-state index contributed by atoms with van der Waals surface area (Å²) in [5, 5.41) is 112. The first-order valence-electron chi connectivity index (χ1n) is 10.4. The van der Waals surface area contributed by atoms with E-state index in [4.69, 9.17) is 49.6 Å². The highest BCUT2D eigenvalue weighted by molar-refractivity contribution is 5.02. The van der Waals surface area contributed by atoms with Crippen LogP contribution in [0.3, 0.4) is 0 Å². The first-order chi connectivity index (χ1) is 16.0. The lowest BCUT2D eigenvalue weighted by Gasteiger charge is -2.43. The highest BCUT2D eigenvalue weighted by atomic mass is 16.8. The summed E-state index contributed by atoms with van der Waals surface area (Å²) in [7, 11) is 0. The molecule has 0 bridgehead atoms. The van der Waals surface area contributed by atoms with E-state index < -0.39 is 99.5 Å². The van der Waals surface area contributed by atoms with Gasteiger partial charge in [-0.3, -0.25) is 0 Å². The molecule has 0 saturated carbocycles. The van der Waals surface area contributed by atoms with Gasteiger partial charge in [0, 0.05) is 0 Å². The molecule has 0 aromatic carbocycles. The Morgan fingerprint density at radius 3 is 1.68 bits per heavy atom. The Labute approximate surface area is 193 Å². The molecule has 0 amide bonds. The summed E-state index contributed by atoms with van der Waals surface area (Å²) in [5.41, 5.74) is 0. The van der Waals surface area contributed by atoms with E-state index in [-0.39, 0.29) is 12.7 Å². The lowest BCUT2D eigenvalue weighted by molar-refractivity contribution is -0.383.